The number of piperazine rings is 1. The molecule has 6 heteroatoms. The zero-order chi connectivity index (χ0) is 17.9. The molecule has 2 aromatic rings. The second kappa shape index (κ2) is 5.25. The van der Waals surface area contributed by atoms with Crippen LogP contribution in [0.3, 0.4) is 0 Å². The topological polar surface area (TPSA) is 65.6 Å². The van der Waals surface area contributed by atoms with Crippen LogP contribution in [0.15, 0.2) is 18.2 Å². The molecule has 4 rings (SSSR count). The number of ether oxygens (including phenoxy) is 1. The minimum atomic E-state index is -0.973. The second-order valence-corrected chi connectivity index (χ2v) is 7.28. The molecule has 0 radical (unpaired) electrons. The first kappa shape index (κ1) is 16.0. The van der Waals surface area contributed by atoms with Crippen LogP contribution in [0.5, 0.6) is 5.75 Å². The van der Waals surface area contributed by atoms with Gasteiger partial charge in [0.1, 0.15) is 12.3 Å². The van der Waals surface area contributed by atoms with Gasteiger partial charge in [-0.1, -0.05) is 0 Å². The van der Waals surface area contributed by atoms with Gasteiger partial charge in [-0.3, -0.25) is 9.59 Å². The van der Waals surface area contributed by atoms with Gasteiger partial charge in [0.25, 0.3) is 5.91 Å². The Hall–Kier alpha value is -2.50. The lowest BCUT2D eigenvalue weighted by Crippen LogP contribution is -2.67. The standard InChI is InChI=1S/C19H23N3O3/c1-11(2)21-10-16(23)22-8-7-13-14-9-12(25-4)5-6-15(14)20-17(13)19(22,3)18(21)24/h5-6,9,11,20H,7-8,10H2,1-4H3/t19-/m0/s1. The Kier molecular flexibility index (Phi) is 3.36. The van der Waals surface area contributed by atoms with Crippen molar-refractivity contribution in [1.82, 2.24) is 14.8 Å². The second-order valence-electron chi connectivity index (χ2n) is 7.28. The molecule has 0 saturated carbocycles. The Balaban J connectivity index is 1.93. The highest BCUT2D eigenvalue weighted by Crippen LogP contribution is 2.42. The highest BCUT2D eigenvalue weighted by atomic mass is 16.5. The maximum atomic E-state index is 13.3. The van der Waals surface area contributed by atoms with Crippen LogP contribution in [0.2, 0.25) is 0 Å². The van der Waals surface area contributed by atoms with Gasteiger partial charge in [0.05, 0.1) is 12.8 Å². The number of carbonyl (C=O) groups excluding carboxylic acids is 2. The highest BCUT2D eigenvalue weighted by Gasteiger charge is 2.54. The molecule has 2 aliphatic heterocycles. The summed E-state index contributed by atoms with van der Waals surface area (Å²) in [6, 6.07) is 5.86. The summed E-state index contributed by atoms with van der Waals surface area (Å²) in [5.41, 5.74) is 1.94. The van der Waals surface area contributed by atoms with Gasteiger partial charge in [-0.05, 0) is 51.0 Å². The lowest BCUT2D eigenvalue weighted by atomic mass is 9.83. The van der Waals surface area contributed by atoms with Crippen molar-refractivity contribution in [3.05, 3.63) is 29.5 Å². The molecule has 2 aliphatic rings. The number of nitrogens with zero attached hydrogens (tertiary/aromatic N) is 2. The van der Waals surface area contributed by atoms with E-state index in [0.29, 0.717) is 6.54 Å². The van der Waals surface area contributed by atoms with Crippen LogP contribution in [0, 0.1) is 0 Å². The first-order valence-electron chi connectivity index (χ1n) is 8.68. The number of aromatic amines is 1. The van der Waals surface area contributed by atoms with Crippen LogP contribution in [-0.2, 0) is 21.5 Å². The molecule has 1 aromatic heterocycles. The van der Waals surface area contributed by atoms with Crippen molar-refractivity contribution in [2.75, 3.05) is 20.2 Å². The van der Waals surface area contributed by atoms with Gasteiger partial charge in [-0.15, -0.1) is 0 Å². The minimum absolute atomic E-state index is 0.00901. The fourth-order valence-corrected chi connectivity index (χ4v) is 4.21. The van der Waals surface area contributed by atoms with E-state index in [2.05, 4.69) is 4.98 Å². The summed E-state index contributed by atoms with van der Waals surface area (Å²) in [6.07, 6.45) is 0.735. The van der Waals surface area contributed by atoms with Gasteiger partial charge >= 0.3 is 0 Å². The zero-order valence-electron chi connectivity index (χ0n) is 15.0. The molecule has 0 spiro atoms. The lowest BCUT2D eigenvalue weighted by molar-refractivity contribution is -0.167. The number of H-pyrrole nitrogens is 1. The van der Waals surface area contributed by atoms with Crippen LogP contribution in [0.4, 0.5) is 0 Å². The van der Waals surface area contributed by atoms with Gasteiger partial charge in [-0.25, -0.2) is 0 Å². The highest BCUT2D eigenvalue weighted by molar-refractivity contribution is 6.01. The van der Waals surface area contributed by atoms with Crippen LogP contribution in [-0.4, -0.2) is 52.8 Å². The van der Waals surface area contributed by atoms with E-state index in [-0.39, 0.29) is 24.4 Å². The summed E-state index contributed by atoms with van der Waals surface area (Å²) >= 11 is 0. The van der Waals surface area contributed by atoms with Crippen molar-refractivity contribution in [3.8, 4) is 5.75 Å². The Morgan fingerprint density at radius 1 is 1.28 bits per heavy atom. The molecule has 1 saturated heterocycles. The van der Waals surface area contributed by atoms with Crippen molar-refractivity contribution in [2.45, 2.75) is 38.8 Å². The monoisotopic (exact) mass is 341 g/mol. The molecule has 1 aromatic carbocycles. The fraction of sp³-hybridized carbons (Fsp3) is 0.474. The Labute approximate surface area is 146 Å². The smallest absolute Gasteiger partial charge is 0.255 e. The van der Waals surface area contributed by atoms with Crippen LogP contribution < -0.4 is 4.74 Å². The van der Waals surface area contributed by atoms with Crippen molar-refractivity contribution in [1.29, 1.82) is 0 Å². The number of carbonyl (C=O) groups is 2. The summed E-state index contributed by atoms with van der Waals surface area (Å²) in [7, 11) is 1.65. The summed E-state index contributed by atoms with van der Waals surface area (Å²) in [4.78, 5) is 32.9. The molecule has 1 fully saturated rings. The first-order chi connectivity index (χ1) is 11.9. The van der Waals surface area contributed by atoms with Gasteiger partial charge in [-0.2, -0.15) is 0 Å². The number of fused-ring (bicyclic) bond motifs is 5. The number of hydrogen-bond donors (Lipinski definition) is 1. The number of benzene rings is 1. The Morgan fingerprint density at radius 3 is 2.72 bits per heavy atom. The normalized spacial score (nSPS) is 23.2. The summed E-state index contributed by atoms with van der Waals surface area (Å²) < 4.78 is 5.35. The van der Waals surface area contributed by atoms with E-state index in [1.54, 1.807) is 16.9 Å². The minimum Gasteiger partial charge on any atom is -0.497 e. The predicted octanol–water partition coefficient (Wildman–Crippen LogP) is 2.03. The molecular weight excluding hydrogens is 318 g/mol. The van der Waals surface area contributed by atoms with Crippen LogP contribution >= 0.6 is 0 Å². The van der Waals surface area contributed by atoms with Crippen molar-refractivity contribution in [2.24, 2.45) is 0 Å². The third-order valence-corrected chi connectivity index (χ3v) is 5.63. The summed E-state index contributed by atoms with van der Waals surface area (Å²) in [6.45, 7) is 6.49. The molecule has 0 aliphatic carbocycles. The number of aromatic nitrogens is 1. The maximum absolute atomic E-state index is 13.3. The van der Waals surface area contributed by atoms with Crippen molar-refractivity contribution < 1.29 is 14.3 Å². The number of nitrogens with one attached hydrogen (secondary N) is 1. The van der Waals surface area contributed by atoms with Crippen LogP contribution in [0.25, 0.3) is 10.9 Å². The van der Waals surface area contributed by atoms with E-state index in [0.717, 1.165) is 34.3 Å². The molecule has 2 amide bonds. The fourth-order valence-electron chi connectivity index (χ4n) is 4.21. The van der Waals surface area contributed by atoms with Gasteiger partial charge in [0, 0.05) is 23.5 Å². The van der Waals surface area contributed by atoms with E-state index < -0.39 is 5.54 Å². The van der Waals surface area contributed by atoms with Gasteiger partial charge in [0.2, 0.25) is 5.91 Å². The van der Waals surface area contributed by atoms with Gasteiger partial charge in [0.15, 0.2) is 5.54 Å². The van der Waals surface area contributed by atoms with E-state index >= 15 is 0 Å². The molecule has 1 atom stereocenters. The van der Waals surface area contributed by atoms with Crippen molar-refractivity contribution in [3.63, 3.8) is 0 Å². The molecule has 132 valence electrons. The molecular formula is C19H23N3O3. The molecule has 25 heavy (non-hydrogen) atoms. The zero-order valence-corrected chi connectivity index (χ0v) is 15.0. The largest absolute Gasteiger partial charge is 0.497 e. The molecule has 0 unspecified atom stereocenters. The number of methoxy groups -OCH3 is 1. The van der Waals surface area contributed by atoms with E-state index in [4.69, 9.17) is 4.74 Å². The van der Waals surface area contributed by atoms with E-state index in [1.165, 1.54) is 0 Å². The number of rotatable bonds is 2. The van der Waals surface area contributed by atoms with Gasteiger partial charge < -0.3 is 19.5 Å². The molecule has 3 heterocycles. The molecule has 1 N–H and O–H groups in total. The predicted molar refractivity (Wildman–Crippen MR) is 94.5 cm³/mol. The van der Waals surface area contributed by atoms with Crippen molar-refractivity contribution >= 4 is 22.7 Å². The van der Waals surface area contributed by atoms with E-state index in [9.17, 15) is 9.59 Å². The lowest BCUT2D eigenvalue weighted by Gasteiger charge is -2.50. The first-order valence-corrected chi connectivity index (χ1v) is 8.68. The number of amides is 2. The molecule has 6 nitrogen and oxygen atoms in total. The Morgan fingerprint density at radius 2 is 2.04 bits per heavy atom. The number of hydrogen-bond acceptors (Lipinski definition) is 3. The summed E-state index contributed by atoms with van der Waals surface area (Å²) in [5.74, 6) is 0.788. The summed E-state index contributed by atoms with van der Waals surface area (Å²) in [5, 5.41) is 1.07. The van der Waals surface area contributed by atoms with E-state index in [1.807, 2.05) is 39.0 Å². The van der Waals surface area contributed by atoms with Crippen LogP contribution in [0.1, 0.15) is 32.0 Å². The molecule has 0 bridgehead atoms. The maximum Gasteiger partial charge on any atom is 0.255 e. The third-order valence-electron chi connectivity index (χ3n) is 5.63. The third kappa shape index (κ3) is 2.03. The average Bonchev–Trinajstić information content (AvgIpc) is 2.97. The quantitative estimate of drug-likeness (QED) is 0.909. The Bertz CT molecular complexity index is 885. The average molecular weight is 341 g/mol. The SMILES string of the molecule is COc1ccc2[nH]c3c(c2c1)CCN1C(=O)CN(C(C)C)C(=O)[C@]31C.